The Morgan fingerprint density at radius 1 is 0.976 bits per heavy atom. The van der Waals surface area contributed by atoms with Gasteiger partial charge in [0.15, 0.2) is 0 Å². The van der Waals surface area contributed by atoms with Crippen LogP contribution in [0.5, 0.6) is 11.5 Å². The number of aliphatic hydroxyl groups is 1. The molecule has 5 heteroatoms. The third-order valence-electron chi connectivity index (χ3n) is 8.42. The third kappa shape index (κ3) is 7.71. The normalized spacial score (nSPS) is 20.8. The molecule has 42 heavy (non-hydrogen) atoms. The number of ether oxygens (including phenoxy) is 3. The Bertz CT molecular complexity index is 1370. The highest BCUT2D eigenvalue weighted by Gasteiger charge is 2.35. The van der Waals surface area contributed by atoms with Gasteiger partial charge in [0.1, 0.15) is 18.1 Å². The number of hydrogen-bond acceptors (Lipinski definition) is 5. The summed E-state index contributed by atoms with van der Waals surface area (Å²) >= 11 is 0. The number of carbonyl (C=O) groups is 1. The minimum Gasteiger partial charge on any atom is -0.493 e. The van der Waals surface area contributed by atoms with E-state index in [2.05, 4.69) is 66.8 Å². The quantitative estimate of drug-likeness (QED) is 0.229. The van der Waals surface area contributed by atoms with Gasteiger partial charge < -0.3 is 19.3 Å². The molecule has 1 unspecified atom stereocenters. The monoisotopic (exact) mass is 566 g/mol. The van der Waals surface area contributed by atoms with Crippen LogP contribution >= 0.6 is 0 Å². The number of fused-ring (bicyclic) bond motifs is 1. The number of rotatable bonds is 12. The molecule has 0 radical (unpaired) electrons. The van der Waals surface area contributed by atoms with Crippen molar-refractivity contribution < 1.29 is 24.1 Å². The second kappa shape index (κ2) is 13.9. The van der Waals surface area contributed by atoms with Crippen LogP contribution in [-0.4, -0.2) is 29.9 Å². The molecule has 0 spiro atoms. The molecule has 220 valence electrons. The molecule has 0 saturated heterocycles. The lowest BCUT2D eigenvalue weighted by atomic mass is 9.66. The van der Waals surface area contributed by atoms with E-state index in [0.717, 1.165) is 36.3 Å². The number of aryl methyl sites for hydroxylation is 1. The Morgan fingerprint density at radius 3 is 2.50 bits per heavy atom. The molecule has 0 fully saturated rings. The van der Waals surface area contributed by atoms with Gasteiger partial charge in [-0.1, -0.05) is 72.8 Å². The molecular formula is C37H42O5. The first kappa shape index (κ1) is 29.7. The second-order valence-electron chi connectivity index (χ2n) is 11.7. The molecule has 2 aliphatic rings. The molecule has 1 N–H and O–H groups in total. The van der Waals surface area contributed by atoms with Gasteiger partial charge in [0.25, 0.3) is 0 Å². The van der Waals surface area contributed by atoms with E-state index in [1.807, 2.05) is 30.3 Å². The molecule has 5 nitrogen and oxygen atoms in total. The van der Waals surface area contributed by atoms with Crippen LogP contribution in [-0.2, 0) is 22.6 Å². The predicted octanol–water partition coefficient (Wildman–Crippen LogP) is 7.57. The fourth-order valence-electron chi connectivity index (χ4n) is 6.23. The van der Waals surface area contributed by atoms with Crippen molar-refractivity contribution in [2.45, 2.75) is 64.1 Å². The van der Waals surface area contributed by atoms with Crippen molar-refractivity contribution in [3.8, 4) is 11.5 Å². The SMILES string of the molecule is CCOC(=O)CC(C)(O)CCOc1ccc([C@@H]2c3ccc(OCc4ccccc4)cc3CC[C@@H]2[C@H]2C=CC=CC2)cc1. The van der Waals surface area contributed by atoms with Crippen LogP contribution in [0.3, 0.4) is 0 Å². The van der Waals surface area contributed by atoms with Crippen molar-refractivity contribution in [3.05, 3.63) is 119 Å². The summed E-state index contributed by atoms with van der Waals surface area (Å²) in [5.74, 6) is 2.55. The predicted molar refractivity (Wildman–Crippen MR) is 166 cm³/mol. The lowest BCUT2D eigenvalue weighted by molar-refractivity contribution is -0.148. The van der Waals surface area contributed by atoms with E-state index < -0.39 is 11.6 Å². The highest BCUT2D eigenvalue weighted by molar-refractivity contribution is 5.70. The maximum absolute atomic E-state index is 11.8. The fourth-order valence-corrected chi connectivity index (χ4v) is 6.23. The highest BCUT2D eigenvalue weighted by Crippen LogP contribution is 2.47. The summed E-state index contributed by atoms with van der Waals surface area (Å²) in [5.41, 5.74) is 4.02. The molecule has 3 aromatic rings. The van der Waals surface area contributed by atoms with Gasteiger partial charge in [0.05, 0.1) is 25.2 Å². The summed E-state index contributed by atoms with van der Waals surface area (Å²) in [7, 11) is 0. The maximum atomic E-state index is 11.8. The molecule has 3 aromatic carbocycles. The van der Waals surface area contributed by atoms with Crippen LogP contribution in [0.2, 0.25) is 0 Å². The van der Waals surface area contributed by atoms with Crippen LogP contribution in [0.4, 0.5) is 0 Å². The van der Waals surface area contributed by atoms with Crippen molar-refractivity contribution >= 4 is 5.97 Å². The standard InChI is InChI=1S/C37H42O5/c1-3-40-35(38)25-37(2,39)22-23-41-31-17-14-29(15-18-31)36-33(28-12-8-5-9-13-28)20-16-30-24-32(19-21-34(30)36)42-26-27-10-6-4-7-11-27/h4-12,14-15,17-19,21,24,28,33,36,39H,3,13,16,20,22-23,25-26H2,1-2H3/t28-,33+,36-,37?/m0/s1. The topological polar surface area (TPSA) is 65.0 Å². The van der Waals surface area contributed by atoms with E-state index in [-0.39, 0.29) is 12.3 Å². The number of carbonyl (C=O) groups excluding carboxylic acids is 1. The Labute approximate surface area is 249 Å². The summed E-state index contributed by atoms with van der Waals surface area (Å²) in [6.45, 7) is 4.58. The zero-order valence-electron chi connectivity index (χ0n) is 24.7. The molecule has 0 aromatic heterocycles. The Morgan fingerprint density at radius 2 is 1.76 bits per heavy atom. The van der Waals surface area contributed by atoms with E-state index in [9.17, 15) is 9.90 Å². The van der Waals surface area contributed by atoms with Crippen LogP contribution in [0, 0.1) is 11.8 Å². The van der Waals surface area contributed by atoms with E-state index in [0.29, 0.717) is 38.1 Å². The molecular weight excluding hydrogens is 524 g/mol. The van der Waals surface area contributed by atoms with E-state index in [1.165, 1.54) is 16.7 Å². The smallest absolute Gasteiger partial charge is 0.308 e. The maximum Gasteiger partial charge on any atom is 0.308 e. The average molecular weight is 567 g/mol. The van der Waals surface area contributed by atoms with Gasteiger partial charge in [0, 0.05) is 12.3 Å². The molecule has 4 atom stereocenters. The van der Waals surface area contributed by atoms with Crippen LogP contribution in [0.15, 0.2) is 97.1 Å². The zero-order valence-corrected chi connectivity index (χ0v) is 24.7. The second-order valence-corrected chi connectivity index (χ2v) is 11.7. The van der Waals surface area contributed by atoms with Gasteiger partial charge >= 0.3 is 5.97 Å². The summed E-state index contributed by atoms with van der Waals surface area (Å²) < 4.78 is 17.1. The Hall–Kier alpha value is -3.83. The average Bonchev–Trinajstić information content (AvgIpc) is 3.00. The molecule has 5 rings (SSSR count). The molecule has 0 aliphatic heterocycles. The van der Waals surface area contributed by atoms with Crippen molar-refractivity contribution in [1.82, 2.24) is 0 Å². The van der Waals surface area contributed by atoms with E-state index in [1.54, 1.807) is 13.8 Å². The summed E-state index contributed by atoms with van der Waals surface area (Å²) in [6.07, 6.45) is 12.5. The van der Waals surface area contributed by atoms with E-state index in [4.69, 9.17) is 14.2 Å². The Balaban J connectivity index is 1.30. The highest BCUT2D eigenvalue weighted by atomic mass is 16.5. The lowest BCUT2D eigenvalue weighted by Gasteiger charge is -2.38. The number of benzene rings is 3. The van der Waals surface area contributed by atoms with Gasteiger partial charge in [0.2, 0.25) is 0 Å². The minimum atomic E-state index is -1.17. The van der Waals surface area contributed by atoms with Gasteiger partial charge in [-0.2, -0.15) is 0 Å². The number of allylic oxidation sites excluding steroid dienone is 4. The molecule has 0 saturated carbocycles. The van der Waals surface area contributed by atoms with Crippen molar-refractivity contribution in [3.63, 3.8) is 0 Å². The first-order valence-corrected chi connectivity index (χ1v) is 15.2. The van der Waals surface area contributed by atoms with Gasteiger partial charge in [-0.25, -0.2) is 0 Å². The molecule has 0 amide bonds. The fraction of sp³-hybridized carbons (Fsp3) is 0.378. The number of hydrogen-bond donors (Lipinski definition) is 1. The lowest BCUT2D eigenvalue weighted by Crippen LogP contribution is -2.30. The molecule has 0 bridgehead atoms. The van der Waals surface area contributed by atoms with Crippen LogP contribution in [0.1, 0.15) is 67.7 Å². The first-order chi connectivity index (χ1) is 20.4. The summed E-state index contributed by atoms with van der Waals surface area (Å²) in [4.78, 5) is 11.8. The van der Waals surface area contributed by atoms with Crippen molar-refractivity contribution in [1.29, 1.82) is 0 Å². The van der Waals surface area contributed by atoms with Gasteiger partial charge in [-0.3, -0.25) is 4.79 Å². The summed E-state index contributed by atoms with van der Waals surface area (Å²) in [5, 5.41) is 10.6. The van der Waals surface area contributed by atoms with Gasteiger partial charge in [-0.15, -0.1) is 0 Å². The number of esters is 1. The largest absolute Gasteiger partial charge is 0.493 e. The van der Waals surface area contributed by atoms with Crippen molar-refractivity contribution in [2.75, 3.05) is 13.2 Å². The molecule has 2 aliphatic carbocycles. The Kier molecular flexibility index (Phi) is 9.81. The summed E-state index contributed by atoms with van der Waals surface area (Å²) in [6, 6.07) is 25.3. The third-order valence-corrected chi connectivity index (χ3v) is 8.42. The zero-order chi connectivity index (χ0) is 29.4. The minimum absolute atomic E-state index is 0.0462. The van der Waals surface area contributed by atoms with Crippen LogP contribution in [0.25, 0.3) is 0 Å². The van der Waals surface area contributed by atoms with Crippen molar-refractivity contribution in [2.24, 2.45) is 11.8 Å². The van der Waals surface area contributed by atoms with Gasteiger partial charge in [-0.05, 0) is 91.5 Å². The molecule has 0 heterocycles. The van der Waals surface area contributed by atoms with Crippen LogP contribution < -0.4 is 9.47 Å². The van der Waals surface area contributed by atoms with E-state index >= 15 is 0 Å². The first-order valence-electron chi connectivity index (χ1n) is 15.2.